The predicted molar refractivity (Wildman–Crippen MR) is 124 cm³/mol. The molecule has 10 heteroatoms. The molecule has 1 aliphatic heterocycles. The van der Waals surface area contributed by atoms with Gasteiger partial charge in [-0.1, -0.05) is 12.1 Å². The molecule has 32 heavy (non-hydrogen) atoms. The number of carbonyl (C=O) groups is 1. The number of benzene rings is 1. The normalized spacial score (nSPS) is 16.9. The zero-order chi connectivity index (χ0) is 23.7. The maximum Gasteiger partial charge on any atom is 0.407 e. The molecule has 0 bridgehead atoms. The Morgan fingerprint density at radius 2 is 1.91 bits per heavy atom. The van der Waals surface area contributed by atoms with Gasteiger partial charge in [0, 0.05) is 18.7 Å². The minimum absolute atomic E-state index is 0.0878. The Hall–Kier alpha value is -2.88. The van der Waals surface area contributed by atoms with Crippen LogP contribution in [-0.4, -0.2) is 54.5 Å². The highest BCUT2D eigenvalue weighted by atomic mass is 32.2. The molecule has 0 unspecified atom stereocenters. The first-order valence-electron chi connectivity index (χ1n) is 10.6. The van der Waals surface area contributed by atoms with Crippen LogP contribution in [0.15, 0.2) is 35.4 Å². The minimum atomic E-state index is -3.34. The Morgan fingerprint density at radius 3 is 2.50 bits per heavy atom. The van der Waals surface area contributed by atoms with Crippen LogP contribution in [0.4, 0.5) is 16.4 Å². The Morgan fingerprint density at radius 1 is 1.25 bits per heavy atom. The molecule has 2 heterocycles. The van der Waals surface area contributed by atoms with Crippen LogP contribution >= 0.6 is 0 Å². The van der Waals surface area contributed by atoms with E-state index in [1.54, 1.807) is 44.3 Å². The molecule has 1 saturated heterocycles. The molecule has 1 aromatic heterocycles. The highest BCUT2D eigenvalue weighted by molar-refractivity contribution is 7.92. The van der Waals surface area contributed by atoms with Crippen LogP contribution in [0.1, 0.15) is 41.0 Å². The van der Waals surface area contributed by atoms with Crippen LogP contribution < -0.4 is 16.0 Å². The second-order valence-electron chi connectivity index (χ2n) is 9.16. The third-order valence-corrected chi connectivity index (χ3v) is 7.26. The minimum Gasteiger partial charge on any atom is -0.444 e. The summed E-state index contributed by atoms with van der Waals surface area (Å²) in [5, 5.41) is 2.39. The number of hydrogen-bond donors (Lipinski definition) is 2. The summed E-state index contributed by atoms with van der Waals surface area (Å²) in [6.07, 6.45) is 1.84. The summed E-state index contributed by atoms with van der Waals surface area (Å²) in [7, 11) is -3.34. The molecule has 3 N–H and O–H groups in total. The molecule has 3 rings (SSSR count). The van der Waals surface area contributed by atoms with Gasteiger partial charge in [-0.05, 0) is 53.2 Å². The van der Waals surface area contributed by atoms with Crippen molar-refractivity contribution in [2.45, 2.75) is 62.8 Å². The molecule has 1 aromatic carbocycles. The van der Waals surface area contributed by atoms with Crippen molar-refractivity contribution in [2.75, 3.05) is 23.7 Å². The zero-order valence-electron chi connectivity index (χ0n) is 19.1. The first kappa shape index (κ1) is 23.8. The molecule has 0 saturated carbocycles. The van der Waals surface area contributed by atoms with Crippen LogP contribution in [0.25, 0.3) is 11.3 Å². The number of nitrogens with two attached hydrogens (primary N) is 1. The number of rotatable bonds is 5. The van der Waals surface area contributed by atoms with Gasteiger partial charge in [0.25, 0.3) is 0 Å². The fourth-order valence-electron chi connectivity index (χ4n) is 3.39. The number of ether oxygens (including phenoxy) is 1. The lowest BCUT2D eigenvalue weighted by molar-refractivity contribution is 0.0509. The number of hydrogen-bond acceptors (Lipinski definition) is 8. The van der Waals surface area contributed by atoms with Crippen molar-refractivity contribution in [3.05, 3.63) is 30.5 Å². The molecular weight excluding hydrogens is 430 g/mol. The van der Waals surface area contributed by atoms with Crippen LogP contribution in [-0.2, 0) is 14.6 Å². The Bertz CT molecular complexity index is 1080. The molecule has 0 aliphatic carbocycles. The van der Waals surface area contributed by atoms with Gasteiger partial charge >= 0.3 is 6.09 Å². The molecular formula is C22H31N5O4S. The maximum absolute atomic E-state index is 12.3. The lowest BCUT2D eigenvalue weighted by Gasteiger charge is -2.22. The third-order valence-electron chi connectivity index (χ3n) is 5.09. The second kappa shape index (κ2) is 8.93. The first-order chi connectivity index (χ1) is 14.9. The average Bonchev–Trinajstić information content (AvgIpc) is 3.15. The van der Waals surface area contributed by atoms with Crippen LogP contribution in [0.5, 0.6) is 0 Å². The number of nitrogen functional groups attached to an aromatic ring is 1. The van der Waals surface area contributed by atoms with Gasteiger partial charge in [0.15, 0.2) is 21.5 Å². The van der Waals surface area contributed by atoms with E-state index in [-0.39, 0.29) is 10.9 Å². The van der Waals surface area contributed by atoms with E-state index in [1.807, 2.05) is 25.7 Å². The smallest absolute Gasteiger partial charge is 0.407 e. The number of aromatic nitrogens is 2. The topological polar surface area (TPSA) is 128 Å². The van der Waals surface area contributed by atoms with E-state index >= 15 is 0 Å². The van der Waals surface area contributed by atoms with Gasteiger partial charge in [0.05, 0.1) is 28.1 Å². The Labute approximate surface area is 189 Å². The third kappa shape index (κ3) is 5.48. The maximum atomic E-state index is 12.3. The van der Waals surface area contributed by atoms with Gasteiger partial charge < -0.3 is 20.7 Å². The van der Waals surface area contributed by atoms with Crippen LogP contribution in [0.2, 0.25) is 0 Å². The number of nitrogens with zero attached hydrogens (tertiary/aromatic N) is 3. The molecule has 1 fully saturated rings. The summed E-state index contributed by atoms with van der Waals surface area (Å²) in [4.78, 5) is 23.3. The van der Waals surface area contributed by atoms with Gasteiger partial charge in [-0.3, -0.25) is 0 Å². The predicted octanol–water partition coefficient (Wildman–Crippen LogP) is 3.01. The van der Waals surface area contributed by atoms with Crippen molar-refractivity contribution in [3.63, 3.8) is 0 Å². The monoisotopic (exact) mass is 461 g/mol. The fourth-order valence-corrected chi connectivity index (χ4v) is 4.45. The zero-order valence-corrected chi connectivity index (χ0v) is 19.9. The quantitative estimate of drug-likeness (QED) is 0.695. The van der Waals surface area contributed by atoms with E-state index < -0.39 is 26.8 Å². The summed E-state index contributed by atoms with van der Waals surface area (Å²) >= 11 is 0. The molecule has 174 valence electrons. The lowest BCUT2D eigenvalue weighted by atomic mass is 10.1. The molecule has 1 amide bonds. The van der Waals surface area contributed by atoms with Gasteiger partial charge in [0.2, 0.25) is 0 Å². The summed E-state index contributed by atoms with van der Waals surface area (Å²) in [6.45, 7) is 9.96. The lowest BCUT2D eigenvalue weighted by Crippen LogP contribution is -2.40. The second-order valence-corrected chi connectivity index (χ2v) is 11.7. The van der Waals surface area contributed by atoms with Crippen molar-refractivity contribution >= 4 is 27.6 Å². The average molecular weight is 462 g/mol. The van der Waals surface area contributed by atoms with Crippen molar-refractivity contribution < 1.29 is 17.9 Å². The van der Waals surface area contributed by atoms with E-state index in [2.05, 4.69) is 15.3 Å². The van der Waals surface area contributed by atoms with Crippen molar-refractivity contribution in [1.29, 1.82) is 0 Å². The van der Waals surface area contributed by atoms with Crippen molar-refractivity contribution in [2.24, 2.45) is 0 Å². The number of sulfone groups is 1. The van der Waals surface area contributed by atoms with E-state index in [0.717, 1.165) is 12.0 Å². The highest BCUT2D eigenvalue weighted by Gasteiger charge is 2.28. The molecule has 2 aromatic rings. The van der Waals surface area contributed by atoms with E-state index in [0.29, 0.717) is 30.4 Å². The van der Waals surface area contributed by atoms with Gasteiger partial charge in [0.1, 0.15) is 5.60 Å². The summed E-state index contributed by atoms with van der Waals surface area (Å²) < 4.78 is 30.0. The van der Waals surface area contributed by atoms with E-state index in [4.69, 9.17) is 10.5 Å². The Balaban J connectivity index is 1.75. The number of nitrogens with one attached hydrogen (secondary N) is 1. The summed E-state index contributed by atoms with van der Waals surface area (Å²) in [5.41, 5.74) is 6.86. The highest BCUT2D eigenvalue weighted by Crippen LogP contribution is 2.28. The molecule has 1 aliphatic rings. The summed E-state index contributed by atoms with van der Waals surface area (Å²) in [6, 6.07) is 6.51. The van der Waals surface area contributed by atoms with Crippen molar-refractivity contribution in [3.8, 4) is 11.3 Å². The molecule has 0 spiro atoms. The largest absolute Gasteiger partial charge is 0.444 e. The number of anilines is 2. The van der Waals surface area contributed by atoms with Gasteiger partial charge in [-0.15, -0.1) is 0 Å². The SMILES string of the molecule is CC(C)S(=O)(=O)c1ccc(-c2cnc(N)c(N3CC[C@H](NC(=O)OC(C)(C)C)C3)n2)cc1. The van der Waals surface area contributed by atoms with Crippen LogP contribution in [0, 0.1) is 0 Å². The summed E-state index contributed by atoms with van der Waals surface area (Å²) in [5.74, 6) is 0.834. The van der Waals surface area contributed by atoms with Crippen LogP contribution in [0.3, 0.4) is 0 Å². The van der Waals surface area contributed by atoms with Gasteiger partial charge in [-0.2, -0.15) is 0 Å². The van der Waals surface area contributed by atoms with Crippen molar-refractivity contribution in [1.82, 2.24) is 15.3 Å². The molecule has 1 atom stereocenters. The standard InChI is InChI=1S/C22H31N5O4S/c1-14(2)32(29,30)17-8-6-15(7-9-17)18-12-24-19(23)20(26-18)27-11-10-16(13-27)25-21(28)31-22(3,4)5/h6-9,12,14,16H,10-11,13H2,1-5H3,(H2,23,24)(H,25,28)/t16-/m0/s1. The molecule has 0 radical (unpaired) electrons. The number of alkyl carbamates (subject to hydrolysis) is 1. The van der Waals surface area contributed by atoms with E-state index in [9.17, 15) is 13.2 Å². The van der Waals surface area contributed by atoms with Gasteiger partial charge in [-0.25, -0.2) is 23.2 Å². The first-order valence-corrected chi connectivity index (χ1v) is 12.1. The number of carbonyl (C=O) groups excluding carboxylic acids is 1. The number of amides is 1. The van der Waals surface area contributed by atoms with E-state index in [1.165, 1.54) is 0 Å². The molecule has 9 nitrogen and oxygen atoms in total. The Kier molecular flexibility index (Phi) is 6.64. The fraction of sp³-hybridized carbons (Fsp3) is 0.500.